The van der Waals surface area contributed by atoms with E-state index < -0.39 is 6.09 Å². The predicted molar refractivity (Wildman–Crippen MR) is 83.8 cm³/mol. The number of carbonyl (C=O) groups is 1. The Bertz CT molecular complexity index is 757. The third-order valence-electron chi connectivity index (χ3n) is 4.59. The molecule has 0 unspecified atom stereocenters. The minimum atomic E-state index is -0.817. The number of rotatable bonds is 4. The van der Waals surface area contributed by atoms with Crippen molar-refractivity contribution in [3.8, 4) is 6.07 Å². The third-order valence-corrected chi connectivity index (χ3v) is 4.59. The highest BCUT2D eigenvalue weighted by Crippen LogP contribution is 2.27. The lowest BCUT2D eigenvalue weighted by Crippen LogP contribution is -2.50. The van der Waals surface area contributed by atoms with Gasteiger partial charge < -0.3 is 15.0 Å². The van der Waals surface area contributed by atoms with Crippen LogP contribution in [0.2, 0.25) is 0 Å². The van der Waals surface area contributed by atoms with Crippen molar-refractivity contribution in [1.29, 1.82) is 5.26 Å². The molecule has 0 radical (unpaired) electrons. The van der Waals surface area contributed by atoms with E-state index in [2.05, 4.69) is 18.0 Å². The van der Waals surface area contributed by atoms with Crippen molar-refractivity contribution in [2.24, 2.45) is 0 Å². The van der Waals surface area contributed by atoms with Crippen molar-refractivity contribution < 1.29 is 9.90 Å². The Morgan fingerprint density at radius 2 is 2.36 bits per heavy atom. The zero-order valence-corrected chi connectivity index (χ0v) is 12.6. The highest BCUT2D eigenvalue weighted by Gasteiger charge is 2.31. The van der Waals surface area contributed by atoms with Gasteiger partial charge in [-0.2, -0.15) is 5.26 Å². The SMILES string of the molecule is CCc1c(CC[C@H]2CCN2C(=O)O)[nH]c2cc(C#N)ccc12. The lowest BCUT2D eigenvalue weighted by molar-refractivity contribution is 0.0716. The van der Waals surface area contributed by atoms with Gasteiger partial charge in [-0.25, -0.2) is 4.79 Å². The van der Waals surface area contributed by atoms with E-state index in [1.807, 2.05) is 18.2 Å². The van der Waals surface area contributed by atoms with Crippen LogP contribution in [-0.2, 0) is 12.8 Å². The number of hydrogen-bond donors (Lipinski definition) is 2. The Balaban J connectivity index is 1.81. The van der Waals surface area contributed by atoms with Gasteiger partial charge in [0.15, 0.2) is 0 Å². The monoisotopic (exact) mass is 297 g/mol. The molecule has 0 aliphatic carbocycles. The summed E-state index contributed by atoms with van der Waals surface area (Å²) in [6, 6.07) is 8.03. The lowest BCUT2D eigenvalue weighted by Gasteiger charge is -2.38. The quantitative estimate of drug-likeness (QED) is 0.908. The number of nitrogens with one attached hydrogen (secondary N) is 1. The first kappa shape index (κ1) is 14.5. The van der Waals surface area contributed by atoms with Crippen LogP contribution in [0.1, 0.15) is 36.6 Å². The smallest absolute Gasteiger partial charge is 0.407 e. The normalized spacial score (nSPS) is 17.3. The molecule has 1 amide bonds. The molecule has 5 nitrogen and oxygen atoms in total. The Morgan fingerprint density at radius 3 is 2.95 bits per heavy atom. The molecule has 2 aromatic rings. The molecule has 0 bridgehead atoms. The van der Waals surface area contributed by atoms with E-state index >= 15 is 0 Å². The van der Waals surface area contributed by atoms with Crippen LogP contribution in [0.25, 0.3) is 10.9 Å². The van der Waals surface area contributed by atoms with Crippen LogP contribution in [0.4, 0.5) is 4.79 Å². The van der Waals surface area contributed by atoms with Gasteiger partial charge in [-0.1, -0.05) is 13.0 Å². The number of amides is 1. The van der Waals surface area contributed by atoms with E-state index in [4.69, 9.17) is 10.4 Å². The number of aromatic amines is 1. The molecule has 2 heterocycles. The summed E-state index contributed by atoms with van der Waals surface area (Å²) in [4.78, 5) is 16.0. The fourth-order valence-corrected chi connectivity index (χ4v) is 3.30. The summed E-state index contributed by atoms with van der Waals surface area (Å²) in [5.41, 5.74) is 4.10. The third kappa shape index (κ3) is 2.41. The van der Waals surface area contributed by atoms with Gasteiger partial charge in [0.05, 0.1) is 11.6 Å². The van der Waals surface area contributed by atoms with Crippen molar-refractivity contribution in [2.75, 3.05) is 6.54 Å². The summed E-state index contributed by atoms with van der Waals surface area (Å²) in [6.07, 6.45) is 2.74. The van der Waals surface area contributed by atoms with Gasteiger partial charge in [0.25, 0.3) is 0 Å². The number of fused-ring (bicyclic) bond motifs is 1. The second-order valence-electron chi connectivity index (χ2n) is 5.76. The predicted octanol–water partition coefficient (Wildman–Crippen LogP) is 3.29. The van der Waals surface area contributed by atoms with E-state index in [1.165, 1.54) is 21.5 Å². The number of carboxylic acid groups (broad SMARTS) is 1. The number of aryl methyl sites for hydroxylation is 2. The minimum absolute atomic E-state index is 0.142. The molecule has 114 valence electrons. The van der Waals surface area contributed by atoms with Crippen LogP contribution in [0.15, 0.2) is 18.2 Å². The molecule has 1 aromatic carbocycles. The summed E-state index contributed by atoms with van der Waals surface area (Å²) >= 11 is 0. The number of aromatic nitrogens is 1. The summed E-state index contributed by atoms with van der Waals surface area (Å²) in [7, 11) is 0. The van der Waals surface area contributed by atoms with Crippen molar-refractivity contribution in [1.82, 2.24) is 9.88 Å². The molecular weight excluding hydrogens is 278 g/mol. The van der Waals surface area contributed by atoms with Crippen molar-refractivity contribution in [3.05, 3.63) is 35.0 Å². The van der Waals surface area contributed by atoms with Crippen molar-refractivity contribution >= 4 is 17.0 Å². The standard InChI is InChI=1S/C17H19N3O2/c1-2-13-14-5-3-11(10-18)9-16(14)19-15(13)6-4-12-7-8-20(12)17(21)22/h3,5,9,12,19H,2,4,6-8H2,1H3,(H,21,22)/t12-/m0/s1. The van der Waals surface area contributed by atoms with E-state index in [0.29, 0.717) is 12.1 Å². The highest BCUT2D eigenvalue weighted by molar-refractivity contribution is 5.85. The van der Waals surface area contributed by atoms with Crippen LogP contribution in [-0.4, -0.2) is 33.7 Å². The Labute approximate surface area is 129 Å². The topological polar surface area (TPSA) is 80.1 Å². The van der Waals surface area contributed by atoms with E-state index in [-0.39, 0.29) is 6.04 Å². The zero-order chi connectivity index (χ0) is 15.7. The van der Waals surface area contributed by atoms with Crippen LogP contribution in [0.3, 0.4) is 0 Å². The van der Waals surface area contributed by atoms with Crippen LogP contribution in [0, 0.1) is 11.3 Å². The van der Waals surface area contributed by atoms with Gasteiger partial charge in [-0.3, -0.25) is 0 Å². The summed E-state index contributed by atoms with van der Waals surface area (Å²) in [6.45, 7) is 2.77. The molecule has 1 saturated heterocycles. The molecule has 1 atom stereocenters. The maximum Gasteiger partial charge on any atom is 0.407 e. The second-order valence-corrected chi connectivity index (χ2v) is 5.76. The van der Waals surface area contributed by atoms with Crippen LogP contribution in [0.5, 0.6) is 0 Å². The van der Waals surface area contributed by atoms with Crippen LogP contribution >= 0.6 is 0 Å². The van der Waals surface area contributed by atoms with Crippen LogP contribution < -0.4 is 0 Å². The maximum atomic E-state index is 11.0. The zero-order valence-electron chi connectivity index (χ0n) is 12.6. The van der Waals surface area contributed by atoms with Gasteiger partial charge >= 0.3 is 6.09 Å². The van der Waals surface area contributed by atoms with Gasteiger partial charge in [0, 0.05) is 29.2 Å². The van der Waals surface area contributed by atoms with Crippen molar-refractivity contribution in [3.63, 3.8) is 0 Å². The molecule has 1 fully saturated rings. The molecule has 0 spiro atoms. The fourth-order valence-electron chi connectivity index (χ4n) is 3.30. The number of benzene rings is 1. The molecule has 2 N–H and O–H groups in total. The molecular formula is C17H19N3O2. The number of hydrogen-bond acceptors (Lipinski definition) is 2. The van der Waals surface area contributed by atoms with Crippen molar-refractivity contribution in [2.45, 2.75) is 38.6 Å². The fraction of sp³-hybridized carbons (Fsp3) is 0.412. The second kappa shape index (κ2) is 5.72. The molecule has 5 heteroatoms. The average Bonchev–Trinajstić information content (AvgIpc) is 2.81. The highest BCUT2D eigenvalue weighted by atomic mass is 16.4. The maximum absolute atomic E-state index is 11.0. The van der Waals surface area contributed by atoms with Gasteiger partial charge in [-0.15, -0.1) is 0 Å². The van der Waals surface area contributed by atoms with Gasteiger partial charge in [0.2, 0.25) is 0 Å². The van der Waals surface area contributed by atoms with E-state index in [9.17, 15) is 4.79 Å². The molecule has 1 aliphatic heterocycles. The number of likely N-dealkylation sites (tertiary alicyclic amines) is 1. The summed E-state index contributed by atoms with van der Waals surface area (Å²) in [5.74, 6) is 0. The average molecular weight is 297 g/mol. The molecule has 1 aromatic heterocycles. The number of H-pyrrole nitrogens is 1. The first-order chi connectivity index (χ1) is 10.6. The first-order valence-electron chi connectivity index (χ1n) is 7.67. The molecule has 22 heavy (non-hydrogen) atoms. The van der Waals surface area contributed by atoms with E-state index in [0.717, 1.165) is 31.2 Å². The summed E-state index contributed by atoms with van der Waals surface area (Å²) in [5, 5.41) is 19.2. The van der Waals surface area contributed by atoms with E-state index in [1.54, 1.807) is 0 Å². The van der Waals surface area contributed by atoms with Gasteiger partial charge in [0.1, 0.15) is 0 Å². The number of nitriles is 1. The number of nitrogens with zero attached hydrogens (tertiary/aromatic N) is 2. The molecule has 1 aliphatic rings. The Morgan fingerprint density at radius 1 is 1.55 bits per heavy atom. The molecule has 0 saturated carbocycles. The summed E-state index contributed by atoms with van der Waals surface area (Å²) < 4.78 is 0. The minimum Gasteiger partial charge on any atom is -0.465 e. The Kier molecular flexibility index (Phi) is 3.76. The largest absolute Gasteiger partial charge is 0.465 e. The molecule has 3 rings (SSSR count). The first-order valence-corrected chi connectivity index (χ1v) is 7.67. The lowest BCUT2D eigenvalue weighted by atomic mass is 9.96. The van der Waals surface area contributed by atoms with Gasteiger partial charge in [-0.05, 0) is 43.4 Å². The Hall–Kier alpha value is -2.48.